The van der Waals surface area contributed by atoms with E-state index in [1.807, 2.05) is 85.7 Å². The average Bonchev–Trinajstić information content (AvgIpc) is 3.81. The van der Waals surface area contributed by atoms with Gasteiger partial charge in [0, 0.05) is 59.4 Å². The molecule has 4 aliphatic heterocycles. The zero-order valence-corrected chi connectivity index (χ0v) is 22.2. The summed E-state index contributed by atoms with van der Waals surface area (Å²) >= 11 is 0. The Labute approximate surface area is 240 Å². The highest BCUT2D eigenvalue weighted by atomic mass is 15.4. The predicted octanol–water partition coefficient (Wildman–Crippen LogP) is 5.15. The normalized spacial score (nSPS) is 13.8. The molecule has 0 amide bonds. The van der Waals surface area contributed by atoms with Crippen LogP contribution in [-0.2, 0) is 0 Å². The number of nitrogens with one attached hydrogen (secondary N) is 8. The van der Waals surface area contributed by atoms with E-state index in [0.717, 1.165) is 79.2 Å². The van der Waals surface area contributed by atoms with E-state index >= 15 is 0 Å². The first kappa shape index (κ1) is 23.6. The molecule has 2 aromatic heterocycles. The number of hydrogen-bond acceptors (Lipinski definition) is 9. The molecule has 2 aromatic carbocycles. The number of para-hydroxylation sites is 2. The summed E-state index contributed by atoms with van der Waals surface area (Å²) in [6.45, 7) is 0. The number of benzene rings is 2. The largest absolute Gasteiger partial charge is 0.366 e. The van der Waals surface area contributed by atoms with Crippen molar-refractivity contribution in [1.82, 2.24) is 35.8 Å². The highest BCUT2D eigenvalue weighted by Gasteiger charge is 2.29. The van der Waals surface area contributed by atoms with Crippen LogP contribution in [0.2, 0.25) is 0 Å². The third kappa shape index (κ3) is 3.95. The molecule has 4 aliphatic rings. The Hall–Kier alpha value is -6.23. The molecule has 11 heteroatoms. The Morgan fingerprint density at radius 2 is 1.02 bits per heavy atom. The fourth-order valence-electron chi connectivity index (χ4n) is 5.43. The second-order valence-corrected chi connectivity index (χ2v) is 9.85. The Balaban J connectivity index is 1.33. The Morgan fingerprint density at radius 1 is 0.524 bits per heavy atom. The molecule has 0 spiro atoms. The summed E-state index contributed by atoms with van der Waals surface area (Å²) < 4.78 is 0. The van der Waals surface area contributed by atoms with Gasteiger partial charge in [0.05, 0.1) is 45.3 Å². The molecule has 4 aromatic rings. The van der Waals surface area contributed by atoms with Gasteiger partial charge in [0.2, 0.25) is 0 Å². The summed E-state index contributed by atoms with van der Waals surface area (Å²) in [5.41, 5.74) is 24.0. The van der Waals surface area contributed by atoms with Crippen LogP contribution >= 0.6 is 0 Å². The minimum Gasteiger partial charge on any atom is -0.366 e. The summed E-state index contributed by atoms with van der Waals surface area (Å²) in [6.07, 6.45) is 12.9. The van der Waals surface area contributed by atoms with Crippen LogP contribution in [0.15, 0.2) is 116 Å². The lowest BCUT2D eigenvalue weighted by molar-refractivity contribution is 0.949. The van der Waals surface area contributed by atoms with Crippen LogP contribution in [-0.4, -0.2) is 24.9 Å². The van der Waals surface area contributed by atoms with E-state index in [1.165, 1.54) is 0 Å². The molecule has 0 aliphatic carbocycles. The van der Waals surface area contributed by atoms with Crippen molar-refractivity contribution in [2.75, 3.05) is 21.5 Å². The summed E-state index contributed by atoms with van der Waals surface area (Å²) in [6, 6.07) is 20.2. The van der Waals surface area contributed by atoms with Gasteiger partial charge in [-0.1, -0.05) is 36.4 Å². The molecule has 6 heterocycles. The van der Waals surface area contributed by atoms with Crippen molar-refractivity contribution < 1.29 is 0 Å². The molecule has 8 N–H and O–H groups in total. The summed E-state index contributed by atoms with van der Waals surface area (Å²) in [5.74, 6) is 1.53. The highest BCUT2D eigenvalue weighted by molar-refractivity contribution is 5.99. The van der Waals surface area contributed by atoms with Gasteiger partial charge in [0.1, 0.15) is 18.0 Å². The van der Waals surface area contributed by atoms with Gasteiger partial charge >= 0.3 is 0 Å². The van der Waals surface area contributed by atoms with Crippen molar-refractivity contribution >= 4 is 33.9 Å². The van der Waals surface area contributed by atoms with Crippen LogP contribution in [0, 0.1) is 0 Å². The van der Waals surface area contributed by atoms with E-state index < -0.39 is 0 Å². The van der Waals surface area contributed by atoms with E-state index in [2.05, 4.69) is 59.4 Å². The van der Waals surface area contributed by atoms with Gasteiger partial charge in [0.25, 0.3) is 0 Å². The molecular formula is C31H25N11. The first-order chi connectivity index (χ1) is 20.8. The van der Waals surface area contributed by atoms with Gasteiger partial charge in [-0.25, -0.2) is 9.97 Å². The second-order valence-electron chi connectivity index (χ2n) is 9.85. The van der Waals surface area contributed by atoms with Crippen LogP contribution in [0.4, 0.5) is 22.7 Å². The number of hydrogen-bond donors (Lipinski definition) is 8. The Kier molecular flexibility index (Phi) is 5.49. The van der Waals surface area contributed by atoms with Gasteiger partial charge in [-0.3, -0.25) is 26.7 Å². The molecule has 0 saturated heterocycles. The lowest BCUT2D eigenvalue weighted by atomic mass is 9.91. The molecule has 0 atom stereocenters. The number of aromatic nitrogens is 5. The SMILES string of the molecule is c1ccc2c(c1)NNC(Nc1cc[nH]c1)=C2c1ncnc(C2=C(Nc3cc[nH]c3)NNc3ccccc32)c2cncc1-2. The van der Waals surface area contributed by atoms with Crippen molar-refractivity contribution in [2.24, 2.45) is 0 Å². The van der Waals surface area contributed by atoms with Crippen molar-refractivity contribution in [3.8, 4) is 11.1 Å². The number of anilines is 4. The van der Waals surface area contributed by atoms with Crippen molar-refractivity contribution in [2.45, 2.75) is 0 Å². The van der Waals surface area contributed by atoms with Gasteiger partial charge in [-0.05, 0) is 24.3 Å². The molecule has 0 fully saturated rings. The lowest BCUT2D eigenvalue weighted by Gasteiger charge is -2.27. The maximum absolute atomic E-state index is 4.95. The Bertz CT molecular complexity index is 1800. The third-order valence-electron chi connectivity index (χ3n) is 7.33. The molecule has 204 valence electrons. The monoisotopic (exact) mass is 551 g/mol. The van der Waals surface area contributed by atoms with E-state index in [9.17, 15) is 0 Å². The zero-order chi connectivity index (χ0) is 27.9. The second kappa shape index (κ2) is 9.75. The Morgan fingerprint density at radius 3 is 1.50 bits per heavy atom. The zero-order valence-electron chi connectivity index (χ0n) is 22.2. The average molecular weight is 552 g/mol. The van der Waals surface area contributed by atoms with Crippen LogP contribution in [0.25, 0.3) is 22.3 Å². The number of hydrazine groups is 2. The fraction of sp³-hybridized carbons (Fsp3) is 0. The maximum Gasteiger partial charge on any atom is 0.132 e. The quantitative estimate of drug-likeness (QED) is 0.141. The molecule has 8 rings (SSSR count). The molecule has 42 heavy (non-hydrogen) atoms. The van der Waals surface area contributed by atoms with Crippen molar-refractivity contribution in [1.29, 1.82) is 0 Å². The number of nitrogens with zero attached hydrogens (tertiary/aromatic N) is 3. The molecule has 0 saturated carbocycles. The maximum atomic E-state index is 4.95. The van der Waals surface area contributed by atoms with E-state index in [-0.39, 0.29) is 0 Å². The highest BCUT2D eigenvalue weighted by Crippen LogP contribution is 2.42. The van der Waals surface area contributed by atoms with Gasteiger partial charge in [0.15, 0.2) is 0 Å². The molecular weight excluding hydrogens is 526 g/mol. The minimum atomic E-state index is 0.747. The van der Waals surface area contributed by atoms with Gasteiger partial charge in [-0.2, -0.15) is 0 Å². The molecule has 0 bridgehead atoms. The first-order valence-electron chi connectivity index (χ1n) is 13.4. The van der Waals surface area contributed by atoms with Gasteiger partial charge in [-0.15, -0.1) is 0 Å². The molecule has 0 unspecified atom stereocenters. The summed E-state index contributed by atoms with van der Waals surface area (Å²) in [7, 11) is 0. The van der Waals surface area contributed by atoms with Crippen LogP contribution in [0.5, 0.6) is 0 Å². The standard InChI is InChI=1S/C31H25N11/c1-3-7-24-20(5-1)26(30(41-39-24)37-18-9-11-32-13-18)28-22-15-34-16-23(22)29(36-17-35-28)27-21-6-2-4-8-25(21)40-42-31(27)38-19-10-12-33-14-19/h1-17,32-33,37-42H. The van der Waals surface area contributed by atoms with Crippen molar-refractivity contribution in [3.63, 3.8) is 0 Å². The van der Waals surface area contributed by atoms with Crippen LogP contribution in [0.3, 0.4) is 0 Å². The topological polar surface area (TPSA) is 142 Å². The molecule has 11 nitrogen and oxygen atoms in total. The summed E-state index contributed by atoms with van der Waals surface area (Å²) in [4.78, 5) is 20.7. The van der Waals surface area contributed by atoms with E-state index in [4.69, 9.17) is 9.97 Å². The number of aromatic amines is 2. The van der Waals surface area contributed by atoms with Crippen LogP contribution < -0.4 is 32.3 Å². The third-order valence-corrected chi connectivity index (χ3v) is 7.33. The first-order valence-corrected chi connectivity index (χ1v) is 13.4. The number of fused-ring (bicyclic) bond motifs is 3. The predicted molar refractivity (Wildman–Crippen MR) is 164 cm³/mol. The number of rotatable bonds is 6. The van der Waals surface area contributed by atoms with E-state index in [0.29, 0.717) is 0 Å². The van der Waals surface area contributed by atoms with Crippen LogP contribution in [0.1, 0.15) is 22.5 Å². The smallest absolute Gasteiger partial charge is 0.132 e. The van der Waals surface area contributed by atoms with Crippen molar-refractivity contribution in [3.05, 3.63) is 138 Å². The number of H-pyrrole nitrogens is 2. The minimum absolute atomic E-state index is 0.747. The fourth-order valence-corrected chi connectivity index (χ4v) is 5.43. The summed E-state index contributed by atoms with van der Waals surface area (Å²) in [5, 5.41) is 6.99. The lowest BCUT2D eigenvalue weighted by Crippen LogP contribution is -2.31. The van der Waals surface area contributed by atoms with Gasteiger partial charge < -0.3 is 20.6 Å². The van der Waals surface area contributed by atoms with E-state index in [1.54, 1.807) is 6.33 Å². The molecule has 0 radical (unpaired) electrons.